The molecule has 2 heterocycles. The van der Waals surface area contributed by atoms with E-state index in [1.807, 2.05) is 39.5 Å². The van der Waals surface area contributed by atoms with Crippen LogP contribution in [0.2, 0.25) is 0 Å². The third kappa shape index (κ3) is 2.91. The highest BCUT2D eigenvalue weighted by Gasteiger charge is 2.35. The molecule has 1 aromatic rings. The van der Waals surface area contributed by atoms with Crippen molar-refractivity contribution in [2.45, 2.75) is 59.1 Å². The van der Waals surface area contributed by atoms with Gasteiger partial charge in [-0.1, -0.05) is 0 Å². The molecule has 1 aromatic heterocycles. The van der Waals surface area contributed by atoms with E-state index in [0.717, 1.165) is 36.3 Å². The van der Waals surface area contributed by atoms with Crippen LogP contribution in [0.5, 0.6) is 0 Å². The molecule has 1 saturated heterocycles. The first-order chi connectivity index (χ1) is 8.79. The Morgan fingerprint density at radius 2 is 2.11 bits per heavy atom. The Labute approximate surface area is 114 Å². The topological polar surface area (TPSA) is 58.2 Å². The third-order valence-corrected chi connectivity index (χ3v) is 3.40. The fourth-order valence-electron chi connectivity index (χ4n) is 2.66. The summed E-state index contributed by atoms with van der Waals surface area (Å²) in [4.78, 5) is 14.1. The van der Waals surface area contributed by atoms with Crippen molar-refractivity contribution in [3.8, 4) is 0 Å². The van der Waals surface area contributed by atoms with Gasteiger partial charge in [-0.25, -0.2) is 4.79 Å². The Morgan fingerprint density at radius 3 is 2.63 bits per heavy atom. The van der Waals surface area contributed by atoms with E-state index in [1.54, 1.807) is 0 Å². The number of nitrogens with zero attached hydrogens (tertiary/aromatic N) is 2. The first kappa shape index (κ1) is 13.9. The number of likely N-dealkylation sites (tertiary alicyclic amines) is 1. The van der Waals surface area contributed by atoms with Crippen molar-refractivity contribution in [1.29, 1.82) is 0 Å². The molecule has 5 nitrogen and oxygen atoms in total. The van der Waals surface area contributed by atoms with Crippen LogP contribution in [0.4, 0.5) is 4.79 Å². The smallest absolute Gasteiger partial charge is 0.410 e. The molecule has 0 spiro atoms. The molecule has 1 atom stereocenters. The van der Waals surface area contributed by atoms with Gasteiger partial charge >= 0.3 is 6.09 Å². The van der Waals surface area contributed by atoms with Gasteiger partial charge in [0.1, 0.15) is 5.60 Å². The number of H-pyrrole nitrogens is 1. The molecule has 1 amide bonds. The largest absolute Gasteiger partial charge is 0.444 e. The van der Waals surface area contributed by atoms with Crippen molar-refractivity contribution in [2.75, 3.05) is 6.54 Å². The lowest BCUT2D eigenvalue weighted by Gasteiger charge is -2.28. The summed E-state index contributed by atoms with van der Waals surface area (Å²) in [6.45, 7) is 10.4. The number of ether oxygens (including phenoxy) is 1. The second-order valence-corrected chi connectivity index (χ2v) is 6.18. The number of hydrogen-bond acceptors (Lipinski definition) is 3. The van der Waals surface area contributed by atoms with Gasteiger partial charge in [0.05, 0.1) is 11.7 Å². The van der Waals surface area contributed by atoms with E-state index in [2.05, 4.69) is 10.2 Å². The van der Waals surface area contributed by atoms with Crippen molar-refractivity contribution >= 4 is 6.09 Å². The lowest BCUT2D eigenvalue weighted by molar-refractivity contribution is 0.0224. The second-order valence-electron chi connectivity index (χ2n) is 6.18. The number of nitrogens with one attached hydrogen (secondary N) is 1. The summed E-state index contributed by atoms with van der Waals surface area (Å²) in [5.74, 6) is 0. The number of aromatic nitrogens is 2. The van der Waals surface area contributed by atoms with Gasteiger partial charge in [0.25, 0.3) is 0 Å². The second kappa shape index (κ2) is 4.87. The summed E-state index contributed by atoms with van der Waals surface area (Å²) >= 11 is 0. The molecule has 0 unspecified atom stereocenters. The number of carbonyl (C=O) groups excluding carboxylic acids is 1. The van der Waals surface area contributed by atoms with Crippen LogP contribution in [-0.2, 0) is 4.74 Å². The van der Waals surface area contributed by atoms with Crippen LogP contribution < -0.4 is 0 Å². The standard InChI is InChI=1S/C14H23N3O2/c1-9-12(10(2)16-15-9)11-7-6-8-17(11)13(18)19-14(3,4)5/h11H,6-8H2,1-5H3,(H,15,16)/t11-/m0/s1. The fourth-order valence-corrected chi connectivity index (χ4v) is 2.66. The Hall–Kier alpha value is -1.52. The van der Waals surface area contributed by atoms with Gasteiger partial charge in [-0.2, -0.15) is 5.10 Å². The van der Waals surface area contributed by atoms with Crippen LogP contribution in [0.1, 0.15) is 56.6 Å². The molecule has 2 rings (SSSR count). The van der Waals surface area contributed by atoms with E-state index in [-0.39, 0.29) is 12.1 Å². The quantitative estimate of drug-likeness (QED) is 0.848. The summed E-state index contributed by atoms with van der Waals surface area (Å²) in [6.07, 6.45) is 1.75. The maximum atomic E-state index is 12.3. The molecule has 19 heavy (non-hydrogen) atoms. The Bertz CT molecular complexity index is 454. The van der Waals surface area contributed by atoms with Crippen molar-refractivity contribution < 1.29 is 9.53 Å². The lowest BCUT2D eigenvalue weighted by atomic mass is 10.0. The molecule has 0 saturated carbocycles. The maximum Gasteiger partial charge on any atom is 0.410 e. The Balaban J connectivity index is 2.20. The molecule has 0 radical (unpaired) electrons. The molecule has 1 aliphatic heterocycles. The SMILES string of the molecule is Cc1n[nH]c(C)c1[C@@H]1CCCN1C(=O)OC(C)(C)C. The molecule has 1 N–H and O–H groups in total. The van der Waals surface area contributed by atoms with E-state index in [0.29, 0.717) is 0 Å². The zero-order valence-electron chi connectivity index (χ0n) is 12.4. The van der Waals surface area contributed by atoms with Gasteiger partial charge < -0.3 is 9.64 Å². The van der Waals surface area contributed by atoms with E-state index in [4.69, 9.17) is 4.74 Å². The van der Waals surface area contributed by atoms with Gasteiger partial charge in [-0.05, 0) is 47.5 Å². The summed E-state index contributed by atoms with van der Waals surface area (Å²) in [5.41, 5.74) is 2.70. The molecule has 1 fully saturated rings. The maximum absolute atomic E-state index is 12.3. The zero-order chi connectivity index (χ0) is 14.2. The summed E-state index contributed by atoms with van der Waals surface area (Å²) in [5, 5.41) is 7.22. The van der Waals surface area contributed by atoms with Gasteiger partial charge in [0, 0.05) is 17.8 Å². The van der Waals surface area contributed by atoms with Crippen LogP contribution in [0.15, 0.2) is 0 Å². The minimum absolute atomic E-state index is 0.0913. The van der Waals surface area contributed by atoms with E-state index in [1.165, 1.54) is 0 Å². The van der Waals surface area contributed by atoms with E-state index in [9.17, 15) is 4.79 Å². The average Bonchev–Trinajstić information content (AvgIpc) is 2.83. The van der Waals surface area contributed by atoms with Gasteiger partial charge in [0.15, 0.2) is 0 Å². The number of rotatable bonds is 1. The highest BCUT2D eigenvalue weighted by Crippen LogP contribution is 2.35. The number of aromatic amines is 1. The minimum atomic E-state index is -0.454. The number of aryl methyl sites for hydroxylation is 2. The minimum Gasteiger partial charge on any atom is -0.444 e. The average molecular weight is 265 g/mol. The van der Waals surface area contributed by atoms with Crippen LogP contribution in [0.3, 0.4) is 0 Å². The molecule has 5 heteroatoms. The van der Waals surface area contributed by atoms with Crippen LogP contribution in [-0.4, -0.2) is 33.3 Å². The normalized spacial score (nSPS) is 19.8. The molecule has 1 aliphatic rings. The highest BCUT2D eigenvalue weighted by atomic mass is 16.6. The predicted octanol–water partition coefficient (Wildman–Crippen LogP) is 3.10. The van der Waals surface area contributed by atoms with Crippen molar-refractivity contribution in [3.05, 3.63) is 17.0 Å². The molecule has 0 bridgehead atoms. The molecular formula is C14H23N3O2. The number of amides is 1. The lowest BCUT2D eigenvalue weighted by Crippen LogP contribution is -2.36. The Kier molecular flexibility index (Phi) is 3.56. The van der Waals surface area contributed by atoms with Crippen molar-refractivity contribution in [2.24, 2.45) is 0 Å². The predicted molar refractivity (Wildman–Crippen MR) is 73.0 cm³/mol. The van der Waals surface area contributed by atoms with Crippen LogP contribution in [0, 0.1) is 13.8 Å². The summed E-state index contributed by atoms with van der Waals surface area (Å²) in [7, 11) is 0. The number of hydrogen-bond donors (Lipinski definition) is 1. The third-order valence-electron chi connectivity index (χ3n) is 3.40. The first-order valence-electron chi connectivity index (χ1n) is 6.80. The monoisotopic (exact) mass is 265 g/mol. The molecule has 106 valence electrons. The molecular weight excluding hydrogens is 242 g/mol. The fraction of sp³-hybridized carbons (Fsp3) is 0.714. The van der Waals surface area contributed by atoms with Crippen LogP contribution in [0.25, 0.3) is 0 Å². The first-order valence-corrected chi connectivity index (χ1v) is 6.80. The summed E-state index contributed by atoms with van der Waals surface area (Å²) < 4.78 is 5.49. The summed E-state index contributed by atoms with van der Waals surface area (Å²) in [6, 6.07) is 0.0913. The van der Waals surface area contributed by atoms with E-state index < -0.39 is 5.60 Å². The van der Waals surface area contributed by atoms with E-state index >= 15 is 0 Å². The highest BCUT2D eigenvalue weighted by molar-refractivity contribution is 5.69. The molecule has 0 aromatic carbocycles. The molecule has 0 aliphatic carbocycles. The van der Waals surface area contributed by atoms with Gasteiger partial charge in [-0.3, -0.25) is 5.10 Å². The van der Waals surface area contributed by atoms with Gasteiger partial charge in [-0.15, -0.1) is 0 Å². The van der Waals surface area contributed by atoms with Crippen molar-refractivity contribution in [1.82, 2.24) is 15.1 Å². The van der Waals surface area contributed by atoms with Crippen molar-refractivity contribution in [3.63, 3.8) is 0 Å². The number of carbonyl (C=O) groups is 1. The van der Waals surface area contributed by atoms with Crippen LogP contribution >= 0.6 is 0 Å². The van der Waals surface area contributed by atoms with Gasteiger partial charge in [0.2, 0.25) is 0 Å². The Morgan fingerprint density at radius 1 is 1.42 bits per heavy atom. The zero-order valence-corrected chi connectivity index (χ0v) is 12.4.